The largest absolute Gasteiger partial charge is 0.339 e. The molecule has 5 nitrogen and oxygen atoms in total. The molecule has 1 heterocycles. The monoisotopic (exact) mass is 276 g/mol. The first-order chi connectivity index (χ1) is 8.03. The van der Waals surface area contributed by atoms with Crippen LogP contribution in [0.4, 0.5) is 0 Å². The van der Waals surface area contributed by atoms with E-state index in [0.29, 0.717) is 6.42 Å². The zero-order valence-electron chi connectivity index (χ0n) is 11.7. The van der Waals surface area contributed by atoms with Gasteiger partial charge in [-0.2, -0.15) is 0 Å². The van der Waals surface area contributed by atoms with Crippen LogP contribution in [0, 0.1) is 0 Å². The number of carbonyl (C=O) groups excluding carboxylic acids is 1. The average molecular weight is 276 g/mol. The van der Waals surface area contributed by atoms with Crippen LogP contribution in [0.25, 0.3) is 0 Å². The normalized spacial score (nSPS) is 25.5. The number of sulfone groups is 1. The smallest absolute Gasteiger partial charge is 0.242 e. The topological polar surface area (TPSA) is 80.5 Å². The SMILES string of the molecule is CCCC(C)(N)C(=O)N1CCS(=O)(=O)C(C)(C)C1. The van der Waals surface area contributed by atoms with Crippen molar-refractivity contribution in [1.29, 1.82) is 0 Å². The molecule has 1 fully saturated rings. The fourth-order valence-electron chi connectivity index (χ4n) is 2.30. The lowest BCUT2D eigenvalue weighted by molar-refractivity contribution is -0.137. The Balaban J connectivity index is 2.86. The summed E-state index contributed by atoms with van der Waals surface area (Å²) in [6.45, 7) is 7.49. The van der Waals surface area contributed by atoms with E-state index < -0.39 is 20.1 Å². The molecule has 1 unspecified atom stereocenters. The average Bonchev–Trinajstić information content (AvgIpc) is 2.21. The van der Waals surface area contributed by atoms with Crippen molar-refractivity contribution in [2.75, 3.05) is 18.8 Å². The first kappa shape index (κ1) is 15.4. The van der Waals surface area contributed by atoms with Crippen molar-refractivity contribution in [3.8, 4) is 0 Å². The summed E-state index contributed by atoms with van der Waals surface area (Å²) in [5.41, 5.74) is 5.12. The molecule has 0 saturated carbocycles. The molecule has 0 aromatic rings. The highest BCUT2D eigenvalue weighted by molar-refractivity contribution is 7.92. The standard InChI is InChI=1S/C12H24N2O3S/c1-5-6-12(4,13)10(15)14-7-8-18(16,17)11(2,3)9-14/h5-9,13H2,1-4H3. The maximum absolute atomic E-state index is 12.3. The van der Waals surface area contributed by atoms with E-state index >= 15 is 0 Å². The van der Waals surface area contributed by atoms with Gasteiger partial charge in [0, 0.05) is 13.1 Å². The Morgan fingerprint density at radius 2 is 2.00 bits per heavy atom. The van der Waals surface area contributed by atoms with Crippen LogP contribution in [-0.4, -0.2) is 48.4 Å². The maximum atomic E-state index is 12.3. The highest BCUT2D eigenvalue weighted by atomic mass is 32.2. The summed E-state index contributed by atoms with van der Waals surface area (Å²) in [5.74, 6) is -0.124. The van der Waals surface area contributed by atoms with Gasteiger partial charge in [0.25, 0.3) is 0 Å². The van der Waals surface area contributed by atoms with Crippen LogP contribution in [0.2, 0.25) is 0 Å². The predicted octanol–water partition coefficient (Wildman–Crippen LogP) is 0.540. The van der Waals surface area contributed by atoms with E-state index in [1.807, 2.05) is 6.92 Å². The van der Waals surface area contributed by atoms with Crippen LogP contribution in [0.5, 0.6) is 0 Å². The molecule has 1 aliphatic rings. The Morgan fingerprint density at radius 3 is 2.44 bits per heavy atom. The first-order valence-corrected chi connectivity index (χ1v) is 7.99. The van der Waals surface area contributed by atoms with Crippen molar-refractivity contribution < 1.29 is 13.2 Å². The molecule has 0 aliphatic carbocycles. The van der Waals surface area contributed by atoms with E-state index in [1.54, 1.807) is 25.7 Å². The van der Waals surface area contributed by atoms with Gasteiger partial charge in [-0.15, -0.1) is 0 Å². The molecule has 18 heavy (non-hydrogen) atoms. The molecular formula is C12H24N2O3S. The van der Waals surface area contributed by atoms with Crippen LogP contribution < -0.4 is 5.73 Å². The van der Waals surface area contributed by atoms with Gasteiger partial charge in [0.1, 0.15) is 0 Å². The molecule has 1 aliphatic heterocycles. The van der Waals surface area contributed by atoms with Crippen LogP contribution in [0.15, 0.2) is 0 Å². The molecule has 1 amide bonds. The van der Waals surface area contributed by atoms with Gasteiger partial charge < -0.3 is 10.6 Å². The fourth-order valence-corrected chi connectivity index (χ4v) is 3.67. The van der Waals surface area contributed by atoms with Crippen LogP contribution >= 0.6 is 0 Å². The van der Waals surface area contributed by atoms with E-state index in [9.17, 15) is 13.2 Å². The summed E-state index contributed by atoms with van der Waals surface area (Å²) in [7, 11) is -3.12. The second-order valence-corrected chi connectivity index (χ2v) is 8.72. The first-order valence-electron chi connectivity index (χ1n) is 6.34. The van der Waals surface area contributed by atoms with Crippen molar-refractivity contribution in [3.63, 3.8) is 0 Å². The molecule has 0 bridgehead atoms. The summed E-state index contributed by atoms with van der Waals surface area (Å²) in [6, 6.07) is 0. The molecule has 0 radical (unpaired) electrons. The van der Waals surface area contributed by atoms with Gasteiger partial charge in [0.05, 0.1) is 16.0 Å². The van der Waals surface area contributed by atoms with Gasteiger partial charge in [-0.1, -0.05) is 13.3 Å². The van der Waals surface area contributed by atoms with Gasteiger partial charge in [0.15, 0.2) is 9.84 Å². The highest BCUT2D eigenvalue weighted by Crippen LogP contribution is 2.25. The molecule has 0 spiro atoms. The van der Waals surface area contributed by atoms with Gasteiger partial charge in [-0.3, -0.25) is 4.79 Å². The zero-order chi connectivity index (χ0) is 14.2. The minimum absolute atomic E-state index is 0.0218. The molecule has 0 aromatic heterocycles. The van der Waals surface area contributed by atoms with Crippen molar-refractivity contribution >= 4 is 15.7 Å². The number of carbonyl (C=O) groups is 1. The molecule has 1 atom stereocenters. The Kier molecular flexibility index (Phi) is 4.13. The second kappa shape index (κ2) is 4.81. The minimum Gasteiger partial charge on any atom is -0.339 e. The number of hydrogen-bond donors (Lipinski definition) is 1. The maximum Gasteiger partial charge on any atom is 0.242 e. The molecule has 106 valence electrons. The van der Waals surface area contributed by atoms with Crippen LogP contribution in [-0.2, 0) is 14.6 Å². The Labute approximate surface area is 110 Å². The van der Waals surface area contributed by atoms with Crippen LogP contribution in [0.1, 0.15) is 40.5 Å². The lowest BCUT2D eigenvalue weighted by atomic mass is 9.95. The number of nitrogens with zero attached hydrogens (tertiary/aromatic N) is 1. The van der Waals surface area contributed by atoms with Gasteiger partial charge in [-0.05, 0) is 27.2 Å². The van der Waals surface area contributed by atoms with Crippen molar-refractivity contribution in [1.82, 2.24) is 4.90 Å². The zero-order valence-corrected chi connectivity index (χ0v) is 12.5. The lowest BCUT2D eigenvalue weighted by Gasteiger charge is -2.40. The fraction of sp³-hybridized carbons (Fsp3) is 0.917. The Morgan fingerprint density at radius 1 is 1.44 bits per heavy atom. The number of rotatable bonds is 3. The minimum atomic E-state index is -3.12. The summed E-state index contributed by atoms with van der Waals surface area (Å²) < 4.78 is 22.9. The Hall–Kier alpha value is -0.620. The molecule has 2 N–H and O–H groups in total. The number of amides is 1. The third-order valence-electron chi connectivity index (χ3n) is 3.59. The van der Waals surface area contributed by atoms with E-state index in [2.05, 4.69) is 0 Å². The lowest BCUT2D eigenvalue weighted by Crippen LogP contribution is -2.61. The van der Waals surface area contributed by atoms with Crippen LogP contribution in [0.3, 0.4) is 0 Å². The molecule has 1 rings (SSSR count). The van der Waals surface area contributed by atoms with Gasteiger partial charge in [-0.25, -0.2) is 8.42 Å². The van der Waals surface area contributed by atoms with E-state index in [-0.39, 0.29) is 24.7 Å². The van der Waals surface area contributed by atoms with Crippen molar-refractivity contribution in [2.45, 2.75) is 50.8 Å². The second-order valence-electron chi connectivity index (χ2n) is 5.97. The Bertz CT molecular complexity index is 427. The quantitative estimate of drug-likeness (QED) is 0.816. The van der Waals surface area contributed by atoms with Gasteiger partial charge in [0.2, 0.25) is 5.91 Å². The van der Waals surface area contributed by atoms with E-state index in [1.165, 1.54) is 0 Å². The third-order valence-corrected chi connectivity index (χ3v) is 6.12. The third kappa shape index (κ3) is 2.85. The van der Waals surface area contributed by atoms with Crippen molar-refractivity contribution in [3.05, 3.63) is 0 Å². The van der Waals surface area contributed by atoms with E-state index in [4.69, 9.17) is 5.73 Å². The highest BCUT2D eigenvalue weighted by Gasteiger charge is 2.44. The molecular weight excluding hydrogens is 252 g/mol. The molecule has 1 saturated heterocycles. The summed E-state index contributed by atoms with van der Waals surface area (Å²) in [5, 5.41) is 0. The number of nitrogens with two attached hydrogens (primary N) is 1. The number of hydrogen-bond acceptors (Lipinski definition) is 4. The molecule has 6 heteroatoms. The summed E-state index contributed by atoms with van der Waals surface area (Å²) in [4.78, 5) is 13.9. The molecule has 0 aromatic carbocycles. The predicted molar refractivity (Wildman–Crippen MR) is 71.9 cm³/mol. The van der Waals surface area contributed by atoms with Gasteiger partial charge >= 0.3 is 0 Å². The van der Waals surface area contributed by atoms with E-state index in [0.717, 1.165) is 6.42 Å². The summed E-state index contributed by atoms with van der Waals surface area (Å²) in [6.07, 6.45) is 1.43. The van der Waals surface area contributed by atoms with Crippen molar-refractivity contribution in [2.24, 2.45) is 5.73 Å². The summed E-state index contributed by atoms with van der Waals surface area (Å²) >= 11 is 0.